The van der Waals surface area contributed by atoms with Gasteiger partial charge in [0.1, 0.15) is 15.8 Å². The number of aromatic nitrogens is 2. The van der Waals surface area contributed by atoms with Crippen LogP contribution in [0.5, 0.6) is 0 Å². The number of nitrogens with zero attached hydrogens (tertiary/aromatic N) is 4. The van der Waals surface area contributed by atoms with E-state index in [0.29, 0.717) is 32.8 Å². The molecule has 2 fully saturated rings. The molecule has 2 aromatic heterocycles. The van der Waals surface area contributed by atoms with Crippen molar-refractivity contribution in [3.05, 3.63) is 44.7 Å². The van der Waals surface area contributed by atoms with Crippen LogP contribution in [-0.2, 0) is 4.79 Å². The van der Waals surface area contributed by atoms with Crippen LogP contribution >= 0.6 is 24.0 Å². The van der Waals surface area contributed by atoms with Crippen LogP contribution in [0.1, 0.15) is 50.2 Å². The highest BCUT2D eigenvalue weighted by Gasteiger charge is 2.32. The van der Waals surface area contributed by atoms with E-state index in [1.54, 1.807) is 21.6 Å². The number of anilines is 1. The lowest BCUT2D eigenvalue weighted by molar-refractivity contribution is -0.122. The molecule has 30 heavy (non-hydrogen) atoms. The third-order valence-corrected chi connectivity index (χ3v) is 6.90. The first-order valence-corrected chi connectivity index (χ1v) is 11.8. The number of pyridine rings is 1. The van der Waals surface area contributed by atoms with E-state index >= 15 is 0 Å². The minimum atomic E-state index is -0.151. The molecule has 0 aromatic carbocycles. The smallest absolute Gasteiger partial charge is 0.267 e. The first-order valence-electron chi connectivity index (χ1n) is 10.5. The molecular formula is C22H26N4O2S2. The molecule has 0 bridgehead atoms. The summed E-state index contributed by atoms with van der Waals surface area (Å²) in [6, 6.07) is 3.82. The second-order valence-electron chi connectivity index (χ2n) is 7.82. The van der Waals surface area contributed by atoms with E-state index < -0.39 is 0 Å². The summed E-state index contributed by atoms with van der Waals surface area (Å²) in [5.41, 5.74) is 1.92. The van der Waals surface area contributed by atoms with Gasteiger partial charge in [0.05, 0.1) is 10.5 Å². The van der Waals surface area contributed by atoms with E-state index in [1.165, 1.54) is 11.8 Å². The number of hydrogen-bond donors (Lipinski definition) is 0. The Balaban J connectivity index is 1.78. The molecule has 0 saturated carbocycles. The van der Waals surface area contributed by atoms with Crippen LogP contribution in [0.4, 0.5) is 5.82 Å². The molecule has 2 aromatic rings. The van der Waals surface area contributed by atoms with Crippen molar-refractivity contribution in [1.29, 1.82) is 0 Å². The fourth-order valence-electron chi connectivity index (χ4n) is 3.89. The lowest BCUT2D eigenvalue weighted by Gasteiger charge is -2.19. The van der Waals surface area contributed by atoms with Gasteiger partial charge in [-0.3, -0.25) is 18.9 Å². The lowest BCUT2D eigenvalue weighted by atomic mass is 10.2. The Hall–Kier alpha value is -2.19. The molecular weight excluding hydrogens is 416 g/mol. The summed E-state index contributed by atoms with van der Waals surface area (Å²) >= 11 is 6.72. The number of thiocarbonyl (C=S) groups is 1. The third-order valence-electron chi connectivity index (χ3n) is 5.53. The molecule has 0 radical (unpaired) electrons. The summed E-state index contributed by atoms with van der Waals surface area (Å²) < 4.78 is 2.14. The van der Waals surface area contributed by atoms with E-state index in [-0.39, 0.29) is 11.5 Å². The molecule has 0 unspecified atom stereocenters. The van der Waals surface area contributed by atoms with Gasteiger partial charge >= 0.3 is 0 Å². The fourth-order valence-corrected chi connectivity index (χ4v) is 5.18. The summed E-state index contributed by atoms with van der Waals surface area (Å²) in [6.45, 7) is 6.44. The number of amides is 1. The standard InChI is InChI=1S/C22H26N4O2S2/c1-3-4-5-12-25-21(28)17(30-22(25)29)13-16-19(24-10-6-7-11-24)23-18-9-8-15(2)14-26(18)20(16)27/h8-9,13-14H,3-7,10-12H2,1-2H3/b17-13+. The minimum Gasteiger partial charge on any atom is -0.356 e. The van der Waals surface area contributed by atoms with Crippen LogP contribution in [0, 0.1) is 6.92 Å². The van der Waals surface area contributed by atoms with Gasteiger partial charge in [-0.1, -0.05) is 49.8 Å². The van der Waals surface area contributed by atoms with E-state index in [1.807, 2.05) is 19.1 Å². The van der Waals surface area contributed by atoms with Gasteiger partial charge in [0, 0.05) is 25.8 Å². The zero-order valence-electron chi connectivity index (χ0n) is 17.4. The van der Waals surface area contributed by atoms with Crippen molar-refractivity contribution in [3.63, 3.8) is 0 Å². The van der Waals surface area contributed by atoms with Crippen molar-refractivity contribution in [3.8, 4) is 0 Å². The number of rotatable bonds is 6. The Labute approximate surface area is 186 Å². The van der Waals surface area contributed by atoms with E-state index in [4.69, 9.17) is 17.2 Å². The van der Waals surface area contributed by atoms with Crippen LogP contribution in [-0.4, -0.2) is 44.1 Å². The molecule has 2 aliphatic rings. The van der Waals surface area contributed by atoms with E-state index in [0.717, 1.165) is 50.8 Å². The summed E-state index contributed by atoms with van der Waals surface area (Å²) in [5.74, 6) is 0.555. The first kappa shape index (κ1) is 21.1. The zero-order valence-corrected chi connectivity index (χ0v) is 19.0. The number of carbonyl (C=O) groups excluding carboxylic acids is 1. The molecule has 0 aliphatic carbocycles. The second kappa shape index (κ2) is 8.89. The van der Waals surface area contributed by atoms with Crippen LogP contribution in [0.15, 0.2) is 28.0 Å². The zero-order chi connectivity index (χ0) is 21.3. The Morgan fingerprint density at radius 3 is 2.70 bits per heavy atom. The number of fused-ring (bicyclic) bond motifs is 1. The maximum Gasteiger partial charge on any atom is 0.267 e. The predicted octanol–water partition coefficient (Wildman–Crippen LogP) is 3.99. The monoisotopic (exact) mass is 442 g/mol. The number of thioether (sulfide) groups is 1. The van der Waals surface area contributed by atoms with Crippen LogP contribution < -0.4 is 10.5 Å². The predicted molar refractivity (Wildman–Crippen MR) is 127 cm³/mol. The van der Waals surface area contributed by atoms with Gasteiger partial charge in [-0.15, -0.1) is 0 Å². The lowest BCUT2D eigenvalue weighted by Crippen LogP contribution is -2.29. The summed E-state index contributed by atoms with van der Waals surface area (Å²) in [7, 11) is 0. The summed E-state index contributed by atoms with van der Waals surface area (Å²) in [4.78, 5) is 35.5. The molecule has 2 saturated heterocycles. The maximum absolute atomic E-state index is 13.4. The molecule has 2 aliphatic heterocycles. The first-order chi connectivity index (χ1) is 14.5. The molecule has 4 rings (SSSR count). The highest BCUT2D eigenvalue weighted by molar-refractivity contribution is 8.26. The van der Waals surface area contributed by atoms with Crippen molar-refractivity contribution < 1.29 is 4.79 Å². The van der Waals surface area contributed by atoms with E-state index in [9.17, 15) is 9.59 Å². The van der Waals surface area contributed by atoms with Gasteiger partial charge in [-0.2, -0.15) is 0 Å². The van der Waals surface area contributed by atoms with Gasteiger partial charge < -0.3 is 4.90 Å². The topological polar surface area (TPSA) is 57.9 Å². The van der Waals surface area contributed by atoms with Crippen LogP contribution in [0.3, 0.4) is 0 Å². The van der Waals surface area contributed by atoms with E-state index in [2.05, 4.69) is 11.8 Å². The average Bonchev–Trinajstić information content (AvgIpc) is 3.35. The van der Waals surface area contributed by atoms with Crippen LogP contribution in [0.2, 0.25) is 0 Å². The fraction of sp³-hybridized carbons (Fsp3) is 0.455. The Kier molecular flexibility index (Phi) is 6.24. The quantitative estimate of drug-likeness (QED) is 0.383. The number of unbranched alkanes of at least 4 members (excludes halogenated alkanes) is 2. The molecule has 1 amide bonds. The van der Waals surface area contributed by atoms with Crippen molar-refractivity contribution >= 4 is 51.7 Å². The van der Waals surface area contributed by atoms with Crippen molar-refractivity contribution in [1.82, 2.24) is 14.3 Å². The molecule has 0 spiro atoms. The SMILES string of the molecule is CCCCCN1C(=O)/C(=C\c2c(N3CCCC3)nc3ccc(C)cn3c2=O)SC1=S. The molecule has 0 atom stereocenters. The normalized spacial score (nSPS) is 18.4. The summed E-state index contributed by atoms with van der Waals surface area (Å²) in [5, 5.41) is 0. The minimum absolute atomic E-state index is 0.109. The molecule has 8 heteroatoms. The number of hydrogen-bond acceptors (Lipinski definition) is 6. The van der Waals surface area contributed by atoms with Gasteiger partial charge in [0.25, 0.3) is 11.5 Å². The van der Waals surface area contributed by atoms with Crippen molar-refractivity contribution in [2.75, 3.05) is 24.5 Å². The molecule has 0 N–H and O–H groups in total. The number of carbonyl (C=O) groups is 1. The highest BCUT2D eigenvalue weighted by Crippen LogP contribution is 2.34. The molecule has 158 valence electrons. The van der Waals surface area contributed by atoms with Gasteiger partial charge in [0.2, 0.25) is 0 Å². The third kappa shape index (κ3) is 4.03. The maximum atomic E-state index is 13.4. The van der Waals surface area contributed by atoms with Gasteiger partial charge in [-0.25, -0.2) is 4.98 Å². The average molecular weight is 443 g/mol. The Morgan fingerprint density at radius 2 is 1.97 bits per heavy atom. The largest absolute Gasteiger partial charge is 0.356 e. The van der Waals surface area contributed by atoms with Crippen molar-refractivity contribution in [2.24, 2.45) is 0 Å². The molecule has 6 nitrogen and oxygen atoms in total. The van der Waals surface area contributed by atoms with Crippen LogP contribution in [0.25, 0.3) is 11.7 Å². The van der Waals surface area contributed by atoms with Gasteiger partial charge in [0.15, 0.2) is 0 Å². The second-order valence-corrected chi connectivity index (χ2v) is 9.50. The molecule has 4 heterocycles. The Bertz CT molecular complexity index is 1090. The number of aryl methyl sites for hydroxylation is 1. The highest BCUT2D eigenvalue weighted by atomic mass is 32.2. The van der Waals surface area contributed by atoms with Gasteiger partial charge in [-0.05, 0) is 43.9 Å². The summed E-state index contributed by atoms with van der Waals surface area (Å²) in [6.07, 6.45) is 8.73. The van der Waals surface area contributed by atoms with Crippen molar-refractivity contribution in [2.45, 2.75) is 46.0 Å². The Morgan fingerprint density at radius 1 is 1.20 bits per heavy atom.